The second kappa shape index (κ2) is 5.80. The fourth-order valence-electron chi connectivity index (χ4n) is 1.28. The Morgan fingerprint density at radius 1 is 1.17 bits per heavy atom. The summed E-state index contributed by atoms with van der Waals surface area (Å²) in [7, 11) is -4.65. The average Bonchev–Trinajstić information content (AvgIpc) is 2.25. The molecule has 100 valence electrons. The third-order valence-corrected chi connectivity index (χ3v) is 5.81. The highest BCUT2D eigenvalue weighted by Gasteiger charge is 2.17. The maximum absolute atomic E-state index is 11.7. The van der Waals surface area contributed by atoms with Crippen LogP contribution in [0.2, 0.25) is 25.7 Å². The van der Waals surface area contributed by atoms with Gasteiger partial charge in [-0.2, -0.15) is 4.40 Å². The largest absolute Gasteiger partial charge is 0.252 e. The number of sulfonamides is 1. The molecule has 0 saturated carbocycles. The minimum absolute atomic E-state index is 0.158. The van der Waals surface area contributed by atoms with Gasteiger partial charge in [-0.15, -0.1) is 0 Å². The summed E-state index contributed by atoms with van der Waals surface area (Å²) in [6.45, 7) is 8.47. The fraction of sp³-hybridized carbons (Fsp3) is 0.462. The van der Waals surface area contributed by atoms with Crippen molar-refractivity contribution in [3.8, 4) is 0 Å². The van der Waals surface area contributed by atoms with Crippen LogP contribution >= 0.6 is 0 Å². The third kappa shape index (κ3) is 6.12. The molecule has 3 nitrogen and oxygen atoms in total. The Balaban J connectivity index is 2.68. The van der Waals surface area contributed by atoms with E-state index in [1.54, 1.807) is 0 Å². The zero-order valence-corrected chi connectivity index (χ0v) is 13.3. The molecule has 1 aromatic rings. The molecule has 0 radical (unpaired) electrons. The second-order valence-electron chi connectivity index (χ2n) is 5.74. The van der Waals surface area contributed by atoms with Gasteiger partial charge in [-0.1, -0.05) is 49.5 Å². The van der Waals surface area contributed by atoms with Crippen molar-refractivity contribution in [2.24, 2.45) is 4.40 Å². The highest BCUT2D eigenvalue weighted by Crippen LogP contribution is 2.11. The molecule has 1 rings (SSSR count). The van der Waals surface area contributed by atoms with Crippen LogP contribution in [0.1, 0.15) is 11.1 Å². The molecule has 0 saturated heterocycles. The van der Waals surface area contributed by atoms with Gasteiger partial charge >= 0.3 is 0 Å². The lowest BCUT2D eigenvalue weighted by Gasteiger charge is -2.13. The van der Waals surface area contributed by atoms with Gasteiger partial charge < -0.3 is 0 Å². The first kappa shape index (κ1) is 15.1. The lowest BCUT2D eigenvalue weighted by molar-refractivity contribution is 0.599. The highest BCUT2D eigenvalue weighted by molar-refractivity contribution is 7.90. The maximum Gasteiger partial charge on any atom is 0.252 e. The first-order valence-electron chi connectivity index (χ1n) is 6.03. The predicted octanol–water partition coefficient (Wildman–Crippen LogP) is 3.08. The Bertz CT molecular complexity index is 513. The van der Waals surface area contributed by atoms with Gasteiger partial charge in [0, 0.05) is 14.3 Å². The Labute approximate surface area is 111 Å². The molecule has 0 unspecified atom stereocenters. The molecule has 0 aromatic heterocycles. The molecule has 5 heteroatoms. The molecule has 0 aliphatic carbocycles. The highest BCUT2D eigenvalue weighted by atomic mass is 32.2. The topological polar surface area (TPSA) is 46.5 Å². The van der Waals surface area contributed by atoms with Crippen molar-refractivity contribution < 1.29 is 8.42 Å². The standard InChI is InChI=1S/C13H21NO2SSi/c1-12-5-7-13(8-6-12)11-14-17(15,16)9-10-18(2,3)4/h5-8,11H,9-10H2,1-4H3/b14-11+. The molecule has 0 heterocycles. The Kier molecular flexibility index (Phi) is 4.87. The van der Waals surface area contributed by atoms with Crippen molar-refractivity contribution >= 4 is 24.3 Å². The maximum atomic E-state index is 11.7. The normalized spacial score (nSPS) is 13.1. The quantitative estimate of drug-likeness (QED) is 0.616. The molecule has 0 amide bonds. The number of hydrogen-bond acceptors (Lipinski definition) is 2. The molecule has 0 spiro atoms. The lowest BCUT2D eigenvalue weighted by atomic mass is 10.2. The van der Waals surface area contributed by atoms with Crippen LogP contribution in [0.3, 0.4) is 0 Å². The Morgan fingerprint density at radius 2 is 1.72 bits per heavy atom. The first-order valence-corrected chi connectivity index (χ1v) is 11.3. The van der Waals surface area contributed by atoms with Crippen LogP contribution < -0.4 is 0 Å². The molecule has 18 heavy (non-hydrogen) atoms. The van der Waals surface area contributed by atoms with E-state index in [2.05, 4.69) is 24.0 Å². The van der Waals surface area contributed by atoms with E-state index in [1.165, 1.54) is 6.21 Å². The average molecular weight is 283 g/mol. The zero-order valence-electron chi connectivity index (χ0n) is 11.5. The third-order valence-electron chi connectivity index (χ3n) is 2.55. The summed E-state index contributed by atoms with van der Waals surface area (Å²) in [4.78, 5) is 0. The number of nitrogens with zero attached hydrogens (tertiary/aromatic N) is 1. The molecular weight excluding hydrogens is 262 g/mol. The summed E-state index contributed by atoms with van der Waals surface area (Å²) >= 11 is 0. The molecular formula is C13H21NO2SSi. The first-order chi connectivity index (χ1) is 8.18. The van der Waals surface area contributed by atoms with E-state index in [4.69, 9.17) is 0 Å². The van der Waals surface area contributed by atoms with Crippen LogP contribution in [0.15, 0.2) is 28.7 Å². The van der Waals surface area contributed by atoms with Gasteiger partial charge in [-0.3, -0.25) is 0 Å². The van der Waals surface area contributed by atoms with Crippen molar-refractivity contribution in [1.29, 1.82) is 0 Å². The van der Waals surface area contributed by atoms with Crippen molar-refractivity contribution in [2.75, 3.05) is 5.75 Å². The van der Waals surface area contributed by atoms with E-state index < -0.39 is 18.1 Å². The molecule has 0 bridgehead atoms. The van der Waals surface area contributed by atoms with E-state index in [-0.39, 0.29) is 5.75 Å². The fourth-order valence-corrected chi connectivity index (χ4v) is 5.15. The van der Waals surface area contributed by atoms with Gasteiger partial charge in [0.2, 0.25) is 0 Å². The van der Waals surface area contributed by atoms with E-state index in [0.717, 1.165) is 17.2 Å². The van der Waals surface area contributed by atoms with Gasteiger partial charge in [-0.05, 0) is 18.5 Å². The van der Waals surface area contributed by atoms with Crippen molar-refractivity contribution in [3.05, 3.63) is 35.4 Å². The molecule has 0 fully saturated rings. The molecule has 0 aliphatic heterocycles. The van der Waals surface area contributed by atoms with E-state index >= 15 is 0 Å². The Morgan fingerprint density at radius 3 is 2.22 bits per heavy atom. The zero-order chi connectivity index (χ0) is 13.8. The monoisotopic (exact) mass is 283 g/mol. The SMILES string of the molecule is Cc1ccc(/C=N/S(=O)(=O)CC[Si](C)(C)C)cc1. The van der Waals surface area contributed by atoms with Gasteiger partial charge in [0.05, 0.1) is 5.75 Å². The minimum atomic E-state index is -3.32. The van der Waals surface area contributed by atoms with Crippen molar-refractivity contribution in [2.45, 2.75) is 32.6 Å². The predicted molar refractivity (Wildman–Crippen MR) is 80.7 cm³/mol. The van der Waals surface area contributed by atoms with Gasteiger partial charge in [0.25, 0.3) is 10.0 Å². The van der Waals surface area contributed by atoms with Crippen LogP contribution in [0.4, 0.5) is 0 Å². The lowest BCUT2D eigenvalue weighted by Crippen LogP contribution is -2.23. The van der Waals surface area contributed by atoms with Crippen LogP contribution in [0.5, 0.6) is 0 Å². The molecule has 1 aromatic carbocycles. The Hall–Kier alpha value is -0.943. The van der Waals surface area contributed by atoms with Gasteiger partial charge in [0.1, 0.15) is 0 Å². The van der Waals surface area contributed by atoms with Crippen molar-refractivity contribution in [1.82, 2.24) is 0 Å². The molecule has 0 N–H and O–H groups in total. The summed E-state index contributed by atoms with van der Waals surface area (Å²) < 4.78 is 27.2. The van der Waals surface area contributed by atoms with E-state index in [0.29, 0.717) is 0 Å². The van der Waals surface area contributed by atoms with E-state index in [9.17, 15) is 8.42 Å². The van der Waals surface area contributed by atoms with Crippen LogP contribution in [-0.4, -0.2) is 28.5 Å². The summed E-state index contributed by atoms with van der Waals surface area (Å²) in [5.74, 6) is 0.158. The van der Waals surface area contributed by atoms with Crippen molar-refractivity contribution in [3.63, 3.8) is 0 Å². The number of hydrogen-bond donors (Lipinski definition) is 0. The van der Waals surface area contributed by atoms with Crippen LogP contribution in [0, 0.1) is 6.92 Å². The van der Waals surface area contributed by atoms with E-state index in [1.807, 2.05) is 31.2 Å². The summed E-state index contributed by atoms with van der Waals surface area (Å²) in [6.07, 6.45) is 1.43. The summed E-state index contributed by atoms with van der Waals surface area (Å²) in [5, 5.41) is 0. The molecule has 0 aliphatic rings. The summed E-state index contributed by atoms with van der Waals surface area (Å²) in [6, 6.07) is 8.37. The van der Waals surface area contributed by atoms with Gasteiger partial charge in [-0.25, -0.2) is 8.42 Å². The molecule has 0 atom stereocenters. The minimum Gasteiger partial charge on any atom is -0.205 e. The number of aryl methyl sites for hydroxylation is 1. The smallest absolute Gasteiger partial charge is 0.205 e. The van der Waals surface area contributed by atoms with Gasteiger partial charge in [0.15, 0.2) is 0 Å². The number of rotatable bonds is 5. The number of benzene rings is 1. The second-order valence-corrected chi connectivity index (χ2v) is 13.1. The summed E-state index contributed by atoms with van der Waals surface area (Å²) in [5.41, 5.74) is 1.96. The van der Waals surface area contributed by atoms with Crippen LogP contribution in [-0.2, 0) is 10.0 Å². The van der Waals surface area contributed by atoms with Crippen LogP contribution in [0.25, 0.3) is 0 Å².